The first kappa shape index (κ1) is 9.65. The van der Waals surface area contributed by atoms with E-state index >= 15 is 0 Å². The van der Waals surface area contributed by atoms with Gasteiger partial charge in [-0.2, -0.15) is 5.10 Å². The summed E-state index contributed by atoms with van der Waals surface area (Å²) in [7, 11) is 0. The Balaban J connectivity index is 2.11. The molecule has 0 aliphatic heterocycles. The molecule has 0 aliphatic rings. The van der Waals surface area contributed by atoms with Gasteiger partial charge in [0.1, 0.15) is 6.54 Å². The predicted molar refractivity (Wildman–Crippen MR) is 57.7 cm³/mol. The molecule has 0 N–H and O–H groups in total. The van der Waals surface area contributed by atoms with Crippen LogP contribution in [0.15, 0.2) is 42.6 Å². The number of benzene rings is 1. The molecule has 0 aliphatic carbocycles. The van der Waals surface area contributed by atoms with E-state index in [0.717, 1.165) is 11.3 Å². The Morgan fingerprint density at radius 2 is 2.00 bits per heavy atom. The Hall–Kier alpha value is -1.90. The second kappa shape index (κ2) is 4.09. The van der Waals surface area contributed by atoms with Gasteiger partial charge in [0, 0.05) is 11.8 Å². The summed E-state index contributed by atoms with van der Waals surface area (Å²) in [4.78, 5) is 11.8. The molecule has 0 unspecified atom stereocenters. The van der Waals surface area contributed by atoms with Crippen LogP contribution in [0.5, 0.6) is 0 Å². The van der Waals surface area contributed by atoms with Crippen molar-refractivity contribution in [3.05, 3.63) is 53.9 Å². The zero-order valence-corrected chi connectivity index (χ0v) is 8.55. The van der Waals surface area contributed by atoms with Crippen molar-refractivity contribution in [2.75, 3.05) is 0 Å². The minimum Gasteiger partial charge on any atom is -0.292 e. The summed E-state index contributed by atoms with van der Waals surface area (Å²) in [5, 5.41) is 4.17. The maximum Gasteiger partial charge on any atom is 0.184 e. The zero-order valence-electron chi connectivity index (χ0n) is 8.55. The summed E-state index contributed by atoms with van der Waals surface area (Å²) in [6.07, 6.45) is 1.82. The highest BCUT2D eigenvalue weighted by molar-refractivity contribution is 5.95. The molecule has 15 heavy (non-hydrogen) atoms. The second-order valence-corrected chi connectivity index (χ2v) is 3.44. The molecule has 0 bridgehead atoms. The fraction of sp³-hybridized carbons (Fsp3) is 0.167. The van der Waals surface area contributed by atoms with Gasteiger partial charge in [-0.1, -0.05) is 30.3 Å². The lowest BCUT2D eigenvalue weighted by Gasteiger charge is -2.00. The normalized spacial score (nSPS) is 10.2. The molecule has 1 aromatic heterocycles. The molecule has 0 atom stereocenters. The number of carbonyl (C=O) groups excluding carboxylic acids is 1. The van der Waals surface area contributed by atoms with Crippen molar-refractivity contribution in [2.45, 2.75) is 13.5 Å². The molecule has 2 aromatic rings. The first-order chi connectivity index (χ1) is 7.25. The molecule has 76 valence electrons. The molecular weight excluding hydrogens is 188 g/mol. The van der Waals surface area contributed by atoms with Crippen molar-refractivity contribution in [1.29, 1.82) is 0 Å². The molecule has 1 heterocycles. The summed E-state index contributed by atoms with van der Waals surface area (Å²) in [5.41, 5.74) is 1.65. The minimum absolute atomic E-state index is 0.0821. The fourth-order valence-corrected chi connectivity index (χ4v) is 1.41. The Morgan fingerprint density at radius 3 is 2.60 bits per heavy atom. The van der Waals surface area contributed by atoms with Gasteiger partial charge in [0.2, 0.25) is 0 Å². The standard InChI is InChI=1S/C12H12N2O/c1-10-7-8-14(13-10)9-12(15)11-5-3-2-4-6-11/h2-8H,9H2,1H3. The second-order valence-electron chi connectivity index (χ2n) is 3.44. The summed E-state index contributed by atoms with van der Waals surface area (Å²) in [5.74, 6) is 0.0821. The predicted octanol–water partition coefficient (Wildman–Crippen LogP) is 2.07. The van der Waals surface area contributed by atoms with Gasteiger partial charge < -0.3 is 0 Å². The maximum atomic E-state index is 11.8. The van der Waals surface area contributed by atoms with Crippen LogP contribution in [-0.4, -0.2) is 15.6 Å². The quantitative estimate of drug-likeness (QED) is 0.711. The molecular formula is C12H12N2O. The molecule has 0 fully saturated rings. The van der Waals surface area contributed by atoms with Crippen LogP contribution in [-0.2, 0) is 6.54 Å². The third-order valence-electron chi connectivity index (χ3n) is 2.18. The molecule has 0 spiro atoms. The molecule has 3 nitrogen and oxygen atoms in total. The van der Waals surface area contributed by atoms with Crippen LogP contribution in [0.2, 0.25) is 0 Å². The van der Waals surface area contributed by atoms with Gasteiger partial charge in [-0.15, -0.1) is 0 Å². The molecule has 2 rings (SSSR count). The Kier molecular flexibility index (Phi) is 2.63. The van der Waals surface area contributed by atoms with E-state index in [1.54, 1.807) is 4.68 Å². The molecule has 1 aromatic carbocycles. The summed E-state index contributed by atoms with van der Waals surface area (Å²) in [6, 6.07) is 11.1. The molecule has 0 amide bonds. The molecule has 3 heteroatoms. The van der Waals surface area contributed by atoms with Gasteiger partial charge in [-0.25, -0.2) is 0 Å². The number of ketones is 1. The van der Waals surface area contributed by atoms with E-state index in [2.05, 4.69) is 5.10 Å². The number of hydrogen-bond acceptors (Lipinski definition) is 2. The number of Topliss-reactive ketones (excluding diaryl/α,β-unsaturated/α-hetero) is 1. The SMILES string of the molecule is Cc1ccn(CC(=O)c2ccccc2)n1. The lowest BCUT2D eigenvalue weighted by atomic mass is 10.1. The summed E-state index contributed by atoms with van der Waals surface area (Å²) >= 11 is 0. The van der Waals surface area contributed by atoms with Crippen molar-refractivity contribution in [2.24, 2.45) is 0 Å². The van der Waals surface area contributed by atoms with E-state index < -0.39 is 0 Å². The third kappa shape index (κ3) is 2.31. The van der Waals surface area contributed by atoms with Gasteiger partial charge in [0.15, 0.2) is 5.78 Å². The van der Waals surface area contributed by atoms with Gasteiger partial charge >= 0.3 is 0 Å². The number of aromatic nitrogens is 2. The molecule has 0 saturated heterocycles. The first-order valence-corrected chi connectivity index (χ1v) is 4.84. The van der Waals surface area contributed by atoms with Crippen molar-refractivity contribution in [3.63, 3.8) is 0 Å². The number of rotatable bonds is 3. The number of aryl methyl sites for hydroxylation is 1. The topological polar surface area (TPSA) is 34.9 Å². The van der Waals surface area contributed by atoms with Gasteiger partial charge in [-0.3, -0.25) is 9.48 Å². The van der Waals surface area contributed by atoms with Crippen LogP contribution in [0.1, 0.15) is 16.1 Å². The summed E-state index contributed by atoms with van der Waals surface area (Å²) in [6.45, 7) is 2.21. The smallest absolute Gasteiger partial charge is 0.184 e. The average Bonchev–Trinajstić information content (AvgIpc) is 2.65. The van der Waals surface area contributed by atoms with E-state index in [4.69, 9.17) is 0 Å². The van der Waals surface area contributed by atoms with Crippen LogP contribution in [0.4, 0.5) is 0 Å². The van der Waals surface area contributed by atoms with Crippen LogP contribution in [0.3, 0.4) is 0 Å². The zero-order chi connectivity index (χ0) is 10.7. The monoisotopic (exact) mass is 200 g/mol. The fourth-order valence-electron chi connectivity index (χ4n) is 1.41. The van der Waals surface area contributed by atoms with Crippen molar-refractivity contribution in [1.82, 2.24) is 9.78 Å². The highest BCUT2D eigenvalue weighted by atomic mass is 16.1. The minimum atomic E-state index is 0.0821. The largest absolute Gasteiger partial charge is 0.292 e. The Morgan fingerprint density at radius 1 is 1.27 bits per heavy atom. The first-order valence-electron chi connectivity index (χ1n) is 4.84. The lowest BCUT2D eigenvalue weighted by Crippen LogP contribution is -2.10. The van der Waals surface area contributed by atoms with Crippen molar-refractivity contribution < 1.29 is 4.79 Å². The number of carbonyl (C=O) groups is 1. The van der Waals surface area contributed by atoms with Gasteiger partial charge in [0.05, 0.1) is 5.69 Å². The molecule has 0 radical (unpaired) electrons. The number of nitrogens with zero attached hydrogens (tertiary/aromatic N) is 2. The highest BCUT2D eigenvalue weighted by Gasteiger charge is 2.05. The maximum absolute atomic E-state index is 11.8. The van der Waals surface area contributed by atoms with Gasteiger partial charge in [0.25, 0.3) is 0 Å². The lowest BCUT2D eigenvalue weighted by molar-refractivity contribution is 0.0967. The van der Waals surface area contributed by atoms with Gasteiger partial charge in [-0.05, 0) is 13.0 Å². The van der Waals surface area contributed by atoms with Crippen LogP contribution in [0.25, 0.3) is 0 Å². The van der Waals surface area contributed by atoms with Crippen molar-refractivity contribution in [3.8, 4) is 0 Å². The number of hydrogen-bond donors (Lipinski definition) is 0. The van der Waals surface area contributed by atoms with Crippen LogP contribution >= 0.6 is 0 Å². The molecule has 0 saturated carbocycles. The summed E-state index contributed by atoms with van der Waals surface area (Å²) < 4.78 is 1.66. The van der Waals surface area contributed by atoms with Crippen molar-refractivity contribution >= 4 is 5.78 Å². The third-order valence-corrected chi connectivity index (χ3v) is 2.18. The van der Waals surface area contributed by atoms with E-state index in [-0.39, 0.29) is 5.78 Å². The van der Waals surface area contributed by atoms with Crippen LogP contribution < -0.4 is 0 Å². The highest BCUT2D eigenvalue weighted by Crippen LogP contribution is 2.02. The van der Waals surface area contributed by atoms with E-state index in [1.807, 2.05) is 49.5 Å². The van der Waals surface area contributed by atoms with E-state index in [1.165, 1.54) is 0 Å². The Labute approximate surface area is 88.4 Å². The van der Waals surface area contributed by atoms with E-state index in [9.17, 15) is 4.79 Å². The Bertz CT molecular complexity index is 459. The average molecular weight is 200 g/mol. The van der Waals surface area contributed by atoms with Crippen LogP contribution in [0, 0.1) is 6.92 Å². The van der Waals surface area contributed by atoms with E-state index in [0.29, 0.717) is 6.54 Å².